The van der Waals surface area contributed by atoms with E-state index in [1.165, 1.54) is 0 Å². The number of hydrogen-bond donors (Lipinski definition) is 0. The molecule has 16 heteroatoms. The molecule has 0 N–H and O–H groups in total. The Kier molecular flexibility index (Phi) is 18.3. The molecule has 0 heterocycles. The van der Waals surface area contributed by atoms with Crippen LogP contribution < -0.4 is 88.7 Å². The third-order valence-electron chi connectivity index (χ3n) is 11.1. The fourth-order valence-electron chi connectivity index (χ4n) is 8.08. The molecule has 67 heavy (non-hydrogen) atoms. The number of nitrogens with zero attached hydrogens (tertiary/aromatic N) is 1. The van der Waals surface area contributed by atoms with Crippen LogP contribution in [-0.4, -0.2) is 109 Å². The van der Waals surface area contributed by atoms with Crippen LogP contribution in [0.3, 0.4) is 0 Å². The second-order valence-electron chi connectivity index (χ2n) is 14.4. The van der Waals surface area contributed by atoms with Crippen LogP contribution in [0, 0.1) is 0 Å². The Morgan fingerprint density at radius 3 is 0.463 bits per heavy atom. The minimum atomic E-state index is -1.53. The van der Waals surface area contributed by atoms with E-state index in [9.17, 15) is 0 Å². The Hall–Kier alpha value is -5.83. The largest absolute Gasteiger partial charge is 0.496 e. The lowest BCUT2D eigenvalue weighted by Crippen LogP contribution is -2.36. The maximum Gasteiger partial charge on any atom is 0.130 e. The first kappa shape index (κ1) is 50.6. The van der Waals surface area contributed by atoms with E-state index in [0.717, 1.165) is 31.8 Å². The van der Waals surface area contributed by atoms with Gasteiger partial charge in [-0.25, -0.2) is 0 Å². The Morgan fingerprint density at radius 2 is 0.358 bits per heavy atom. The summed E-state index contributed by atoms with van der Waals surface area (Å²) >= 11 is 0. The van der Waals surface area contributed by atoms with E-state index >= 15 is 0 Å². The van der Waals surface area contributed by atoms with Gasteiger partial charge in [0, 0.05) is 18.9 Å². The summed E-state index contributed by atoms with van der Waals surface area (Å²) < 4.78 is 74.6. The second-order valence-corrected chi connectivity index (χ2v) is 20.5. The maximum atomic E-state index is 6.21. The average molecular weight is 972 g/mol. The van der Waals surface area contributed by atoms with E-state index in [1.807, 2.05) is 109 Å². The normalized spacial score (nSPS) is 11.1. The lowest BCUT2D eigenvalue weighted by Gasteiger charge is -2.37. The van der Waals surface area contributed by atoms with Gasteiger partial charge in [-0.1, -0.05) is 36.4 Å². The highest BCUT2D eigenvalue weighted by Gasteiger charge is 2.38. The van der Waals surface area contributed by atoms with Crippen LogP contribution in [-0.2, 0) is 0 Å². The molecule has 6 rings (SSSR count). The van der Waals surface area contributed by atoms with Gasteiger partial charge < -0.3 is 56.8 Å². The lowest BCUT2D eigenvalue weighted by atomic mass is 10.3. The minimum absolute atomic E-state index is 0.407. The van der Waals surface area contributed by atoms with E-state index in [1.54, 1.807) is 85.3 Å². The molecule has 0 aliphatic rings. The third-order valence-corrected chi connectivity index (χ3v) is 19.0. The average Bonchev–Trinajstić information content (AvgIpc) is 3.39. The van der Waals surface area contributed by atoms with Crippen LogP contribution in [0.1, 0.15) is 0 Å². The van der Waals surface area contributed by atoms with Crippen molar-refractivity contribution in [2.75, 3.05) is 104 Å². The van der Waals surface area contributed by atoms with Crippen molar-refractivity contribution in [3.8, 4) is 69.0 Å². The highest BCUT2D eigenvalue weighted by molar-refractivity contribution is 7.75. The van der Waals surface area contributed by atoms with E-state index in [-0.39, 0.29) is 0 Å². The second kappa shape index (κ2) is 24.3. The molecule has 0 unspecified atom stereocenters. The maximum absolute atomic E-state index is 6.21. The summed E-state index contributed by atoms with van der Waals surface area (Å²) in [4.78, 5) is 2.47. The van der Waals surface area contributed by atoms with Crippen LogP contribution in [0.4, 0.5) is 0 Å². The van der Waals surface area contributed by atoms with Gasteiger partial charge in [-0.2, -0.15) is 0 Å². The summed E-state index contributed by atoms with van der Waals surface area (Å²) in [7, 11) is 15.5. The van der Waals surface area contributed by atoms with E-state index in [4.69, 9.17) is 56.8 Å². The van der Waals surface area contributed by atoms with Crippen molar-refractivity contribution in [2.24, 2.45) is 0 Å². The molecule has 0 amide bonds. The van der Waals surface area contributed by atoms with Gasteiger partial charge in [0.15, 0.2) is 0 Å². The predicted molar refractivity (Wildman–Crippen MR) is 272 cm³/mol. The molecule has 0 aliphatic heterocycles. The van der Waals surface area contributed by atoms with Gasteiger partial charge in [-0.15, -0.1) is 0 Å². The summed E-state index contributed by atoms with van der Waals surface area (Å²) in [6, 6.07) is 35.0. The standard InChI is InChI=1S/C51H60NO12P3/c1-53-34-19-13-20-35(54-2)46(34)65(47-36(55-3)21-14-22-37(47)56-4)31-52(32-66(48-38(57-5)23-15-24-39(48)58-6)49-40(59-7)25-16-26-41(49)60-8)33-67(50-42(61-9)27-17-28-43(50)62-10)51-44(63-11)29-18-30-45(51)64-12/h13-30H,31-33H2,1-12H3. The Bertz CT molecular complexity index is 2000. The third kappa shape index (κ3) is 10.7. The molecule has 0 atom stereocenters. The fourth-order valence-corrected chi connectivity index (χ4v) is 17.1. The Balaban J connectivity index is 1.77. The van der Waals surface area contributed by atoms with Gasteiger partial charge in [0.05, 0.1) is 117 Å². The predicted octanol–water partition coefficient (Wildman–Crippen LogP) is 7.66. The van der Waals surface area contributed by atoms with Gasteiger partial charge in [0.25, 0.3) is 0 Å². The van der Waals surface area contributed by atoms with Crippen LogP contribution >= 0.6 is 23.8 Å². The van der Waals surface area contributed by atoms with E-state index in [2.05, 4.69) is 4.90 Å². The van der Waals surface area contributed by atoms with Gasteiger partial charge in [-0.05, 0) is 96.6 Å². The van der Waals surface area contributed by atoms with E-state index < -0.39 is 23.8 Å². The molecule has 0 saturated carbocycles. The number of hydrogen-bond acceptors (Lipinski definition) is 13. The summed E-state index contributed by atoms with van der Waals surface area (Å²) in [5.41, 5.74) is 0. The van der Waals surface area contributed by atoms with Crippen LogP contribution in [0.15, 0.2) is 109 Å². The molecule has 356 valence electrons. The first-order valence-corrected chi connectivity index (χ1v) is 25.6. The van der Waals surface area contributed by atoms with Gasteiger partial charge in [-0.3, -0.25) is 4.90 Å². The van der Waals surface area contributed by atoms with Gasteiger partial charge in [0.2, 0.25) is 0 Å². The molecule has 6 aromatic carbocycles. The SMILES string of the molecule is COc1cccc(OC)c1P(CN(CP(c1c(OC)cccc1OC)c1c(OC)cccc1OC)CP(c1c(OC)cccc1OC)c1c(OC)cccc1OC)c1c(OC)cccc1OC. The molecule has 0 aliphatic carbocycles. The highest BCUT2D eigenvalue weighted by atomic mass is 31.1. The van der Waals surface area contributed by atoms with Crippen molar-refractivity contribution in [1.82, 2.24) is 4.90 Å². The van der Waals surface area contributed by atoms with Crippen molar-refractivity contribution in [2.45, 2.75) is 0 Å². The number of rotatable bonds is 24. The molecule has 0 saturated heterocycles. The summed E-state index contributed by atoms with van der Waals surface area (Å²) in [5, 5.41) is 5.16. The number of benzene rings is 6. The summed E-state index contributed by atoms with van der Waals surface area (Å²) in [5.74, 6) is 7.82. The quantitative estimate of drug-likeness (QED) is 0.0554. The zero-order valence-corrected chi connectivity index (χ0v) is 42.9. The van der Waals surface area contributed by atoms with Gasteiger partial charge >= 0.3 is 0 Å². The van der Waals surface area contributed by atoms with Gasteiger partial charge in [0.1, 0.15) is 69.0 Å². The van der Waals surface area contributed by atoms with Crippen molar-refractivity contribution < 1.29 is 56.8 Å². The van der Waals surface area contributed by atoms with E-state index in [0.29, 0.717) is 87.9 Å². The zero-order valence-electron chi connectivity index (χ0n) is 40.2. The van der Waals surface area contributed by atoms with Crippen LogP contribution in [0.5, 0.6) is 69.0 Å². The zero-order chi connectivity index (χ0) is 48.0. The summed E-state index contributed by atoms with van der Waals surface area (Å²) in [6.07, 6.45) is 1.22. The number of ether oxygens (including phenoxy) is 12. The highest BCUT2D eigenvalue weighted by Crippen LogP contribution is 2.54. The minimum Gasteiger partial charge on any atom is -0.496 e. The first-order chi connectivity index (χ1) is 32.7. The molecular weight excluding hydrogens is 911 g/mol. The summed E-state index contributed by atoms with van der Waals surface area (Å²) in [6.45, 7) is 0. The van der Waals surface area contributed by atoms with Crippen LogP contribution in [0.2, 0.25) is 0 Å². The fraction of sp³-hybridized carbons (Fsp3) is 0.294. The molecule has 0 bridgehead atoms. The monoisotopic (exact) mass is 971 g/mol. The number of methoxy groups -OCH3 is 12. The first-order valence-electron chi connectivity index (χ1n) is 21.1. The Labute approximate surface area is 398 Å². The van der Waals surface area contributed by atoms with Crippen LogP contribution in [0.25, 0.3) is 0 Å². The lowest BCUT2D eigenvalue weighted by molar-refractivity contribution is 0.396. The van der Waals surface area contributed by atoms with Crippen molar-refractivity contribution in [3.05, 3.63) is 109 Å². The molecule has 13 nitrogen and oxygen atoms in total. The molecule has 0 aromatic heterocycles. The molecule has 0 spiro atoms. The van der Waals surface area contributed by atoms with Crippen molar-refractivity contribution >= 4 is 55.6 Å². The topological polar surface area (TPSA) is 114 Å². The molecule has 6 aromatic rings. The van der Waals surface area contributed by atoms with Crippen molar-refractivity contribution in [1.29, 1.82) is 0 Å². The molecular formula is C51H60NO12P3. The smallest absolute Gasteiger partial charge is 0.130 e. The van der Waals surface area contributed by atoms with Crippen molar-refractivity contribution in [3.63, 3.8) is 0 Å². The Morgan fingerprint density at radius 1 is 0.239 bits per heavy atom. The molecule has 0 radical (unpaired) electrons. The molecule has 0 fully saturated rings.